The Bertz CT molecular complexity index is 378. The number of pyridine rings is 1. The topological polar surface area (TPSA) is 28.2 Å². The van der Waals surface area contributed by atoms with E-state index in [0.717, 1.165) is 36.6 Å². The van der Waals surface area contributed by atoms with E-state index in [-0.39, 0.29) is 24.8 Å². The number of rotatable bonds is 3. The number of halogens is 3. The van der Waals surface area contributed by atoms with Crippen molar-refractivity contribution in [1.29, 1.82) is 0 Å². The highest BCUT2D eigenvalue weighted by atomic mass is 79.9. The molecule has 0 bridgehead atoms. The third-order valence-corrected chi connectivity index (χ3v) is 4.14. The summed E-state index contributed by atoms with van der Waals surface area (Å²) in [5, 5.41) is 3.42. The van der Waals surface area contributed by atoms with E-state index >= 15 is 0 Å². The maximum atomic E-state index is 4.61. The number of piperazine rings is 1. The molecular formula is C13H20BrCl2N3. The first-order valence-corrected chi connectivity index (χ1v) is 7.20. The predicted molar refractivity (Wildman–Crippen MR) is 86.3 cm³/mol. The van der Waals surface area contributed by atoms with Gasteiger partial charge in [-0.1, -0.05) is 0 Å². The highest BCUT2D eigenvalue weighted by Gasteiger charge is 2.37. The fourth-order valence-electron chi connectivity index (χ4n) is 2.66. The van der Waals surface area contributed by atoms with E-state index in [2.05, 4.69) is 43.3 Å². The molecule has 3 rings (SSSR count). The lowest BCUT2D eigenvalue weighted by Gasteiger charge is -2.34. The monoisotopic (exact) mass is 367 g/mol. The van der Waals surface area contributed by atoms with Gasteiger partial charge < -0.3 is 5.32 Å². The van der Waals surface area contributed by atoms with Crippen molar-refractivity contribution in [3.63, 3.8) is 0 Å². The van der Waals surface area contributed by atoms with Crippen LogP contribution in [-0.2, 0) is 0 Å². The van der Waals surface area contributed by atoms with Crippen molar-refractivity contribution in [1.82, 2.24) is 15.2 Å². The van der Waals surface area contributed by atoms with Crippen LogP contribution in [0.2, 0.25) is 0 Å². The molecule has 1 aromatic heterocycles. The average Bonchev–Trinajstić information content (AvgIpc) is 3.18. The van der Waals surface area contributed by atoms with Crippen LogP contribution in [0.5, 0.6) is 0 Å². The first-order valence-electron chi connectivity index (χ1n) is 6.41. The number of nitrogens with one attached hydrogen (secondary N) is 1. The van der Waals surface area contributed by atoms with Crippen molar-refractivity contribution >= 4 is 40.7 Å². The summed E-state index contributed by atoms with van der Waals surface area (Å²) < 4.78 is 1.07. The van der Waals surface area contributed by atoms with E-state index in [0.29, 0.717) is 6.04 Å². The molecule has 0 radical (unpaired) electrons. The highest BCUT2D eigenvalue weighted by Crippen LogP contribution is 2.44. The van der Waals surface area contributed by atoms with Gasteiger partial charge in [0.1, 0.15) is 0 Å². The summed E-state index contributed by atoms with van der Waals surface area (Å²) in [6, 6.07) is 4.83. The van der Waals surface area contributed by atoms with E-state index in [9.17, 15) is 0 Å². The third-order valence-electron chi connectivity index (χ3n) is 3.67. The maximum absolute atomic E-state index is 4.61. The Morgan fingerprint density at radius 2 is 1.89 bits per heavy atom. The molecule has 1 saturated heterocycles. The van der Waals surface area contributed by atoms with Gasteiger partial charge in [-0.05, 0) is 46.8 Å². The van der Waals surface area contributed by atoms with Crippen LogP contribution in [0.15, 0.2) is 22.8 Å². The molecule has 1 atom stereocenters. The van der Waals surface area contributed by atoms with Gasteiger partial charge in [-0.3, -0.25) is 9.88 Å². The summed E-state index contributed by atoms with van der Waals surface area (Å²) in [4.78, 5) is 7.21. The van der Waals surface area contributed by atoms with Crippen LogP contribution < -0.4 is 5.32 Å². The molecule has 1 aliphatic heterocycles. The van der Waals surface area contributed by atoms with Gasteiger partial charge >= 0.3 is 0 Å². The Balaban J connectivity index is 0.000000902. The van der Waals surface area contributed by atoms with Gasteiger partial charge in [-0.15, -0.1) is 24.8 Å². The van der Waals surface area contributed by atoms with Crippen LogP contribution in [0.4, 0.5) is 0 Å². The van der Waals surface area contributed by atoms with Gasteiger partial charge in [0.15, 0.2) is 0 Å². The maximum Gasteiger partial charge on any atom is 0.0579 e. The molecular weight excluding hydrogens is 349 g/mol. The predicted octanol–water partition coefficient (Wildman–Crippen LogP) is 3.04. The van der Waals surface area contributed by atoms with Crippen LogP contribution in [0, 0.1) is 5.92 Å². The lowest BCUT2D eigenvalue weighted by atomic mass is 10.1. The molecule has 1 aromatic rings. The van der Waals surface area contributed by atoms with Crippen molar-refractivity contribution in [2.75, 3.05) is 26.2 Å². The lowest BCUT2D eigenvalue weighted by molar-refractivity contribution is 0.153. The van der Waals surface area contributed by atoms with Crippen molar-refractivity contribution < 1.29 is 0 Å². The standard InChI is InChI=1S/C13H18BrN3.2ClH/c14-11-3-4-12(16-9-11)13(10-1-2-10)17-7-5-15-6-8-17;;/h3-4,9-10,13,15H,1-2,5-8H2;2*1H/t13-;;/m0../s1. The number of hydrogen-bond acceptors (Lipinski definition) is 3. The Morgan fingerprint density at radius 1 is 1.21 bits per heavy atom. The zero-order chi connectivity index (χ0) is 11.7. The normalized spacial score (nSPS) is 21.1. The molecule has 1 N–H and O–H groups in total. The Labute approximate surface area is 135 Å². The minimum absolute atomic E-state index is 0. The van der Waals surface area contributed by atoms with Crippen LogP contribution in [-0.4, -0.2) is 36.1 Å². The first kappa shape index (κ1) is 17.2. The van der Waals surface area contributed by atoms with Gasteiger partial charge in [-0.2, -0.15) is 0 Å². The molecule has 1 aliphatic carbocycles. The molecule has 19 heavy (non-hydrogen) atoms. The SMILES string of the molecule is Brc1ccc([C@H](C2CC2)N2CCNCC2)nc1.Cl.Cl. The molecule has 0 spiro atoms. The minimum atomic E-state index is 0. The zero-order valence-corrected chi connectivity index (χ0v) is 13.9. The second-order valence-electron chi connectivity index (χ2n) is 4.97. The van der Waals surface area contributed by atoms with Crippen molar-refractivity contribution in [2.24, 2.45) is 5.92 Å². The van der Waals surface area contributed by atoms with Crippen molar-refractivity contribution in [3.05, 3.63) is 28.5 Å². The van der Waals surface area contributed by atoms with E-state index in [1.165, 1.54) is 18.5 Å². The van der Waals surface area contributed by atoms with Gasteiger partial charge in [0.2, 0.25) is 0 Å². The Kier molecular flexibility index (Phi) is 7.05. The van der Waals surface area contributed by atoms with Crippen LogP contribution >= 0.6 is 40.7 Å². The van der Waals surface area contributed by atoms with E-state index < -0.39 is 0 Å². The quantitative estimate of drug-likeness (QED) is 0.888. The fraction of sp³-hybridized carbons (Fsp3) is 0.615. The van der Waals surface area contributed by atoms with Gasteiger partial charge in [0.25, 0.3) is 0 Å². The summed E-state index contributed by atoms with van der Waals surface area (Å²) in [7, 11) is 0. The smallest absolute Gasteiger partial charge is 0.0579 e. The second kappa shape index (κ2) is 7.79. The minimum Gasteiger partial charge on any atom is -0.314 e. The molecule has 0 amide bonds. The van der Waals surface area contributed by atoms with Gasteiger partial charge in [0, 0.05) is 36.8 Å². The van der Waals surface area contributed by atoms with E-state index in [4.69, 9.17) is 0 Å². The molecule has 3 nitrogen and oxygen atoms in total. The largest absolute Gasteiger partial charge is 0.314 e. The second-order valence-corrected chi connectivity index (χ2v) is 5.89. The van der Waals surface area contributed by atoms with E-state index in [1.54, 1.807) is 0 Å². The van der Waals surface area contributed by atoms with Crippen LogP contribution in [0.3, 0.4) is 0 Å². The lowest BCUT2D eigenvalue weighted by Crippen LogP contribution is -2.45. The highest BCUT2D eigenvalue weighted by molar-refractivity contribution is 9.10. The molecule has 2 heterocycles. The van der Waals surface area contributed by atoms with E-state index in [1.807, 2.05) is 6.20 Å². The van der Waals surface area contributed by atoms with Crippen LogP contribution in [0.1, 0.15) is 24.6 Å². The molecule has 2 aliphatic rings. The Hall–Kier alpha value is 0.130. The fourth-order valence-corrected chi connectivity index (χ4v) is 2.90. The Morgan fingerprint density at radius 3 is 2.42 bits per heavy atom. The molecule has 1 saturated carbocycles. The molecule has 0 unspecified atom stereocenters. The third kappa shape index (κ3) is 4.30. The number of hydrogen-bond donors (Lipinski definition) is 1. The summed E-state index contributed by atoms with van der Waals surface area (Å²) in [6.45, 7) is 4.53. The average molecular weight is 369 g/mol. The summed E-state index contributed by atoms with van der Waals surface area (Å²) >= 11 is 3.46. The number of aromatic nitrogens is 1. The van der Waals surface area contributed by atoms with Crippen molar-refractivity contribution in [2.45, 2.75) is 18.9 Å². The van der Waals surface area contributed by atoms with Crippen molar-refractivity contribution in [3.8, 4) is 0 Å². The summed E-state index contributed by atoms with van der Waals surface area (Å²) in [5.41, 5.74) is 1.25. The molecule has 6 heteroatoms. The molecule has 108 valence electrons. The van der Waals surface area contributed by atoms with Gasteiger partial charge in [-0.25, -0.2) is 0 Å². The summed E-state index contributed by atoms with van der Waals surface area (Å²) in [6.07, 6.45) is 4.66. The van der Waals surface area contributed by atoms with Gasteiger partial charge in [0.05, 0.1) is 11.7 Å². The summed E-state index contributed by atoms with van der Waals surface area (Å²) in [5.74, 6) is 0.835. The number of nitrogens with zero attached hydrogens (tertiary/aromatic N) is 2. The first-order chi connectivity index (χ1) is 8.34. The zero-order valence-electron chi connectivity index (χ0n) is 10.7. The molecule has 0 aromatic carbocycles. The van der Waals surface area contributed by atoms with Crippen LogP contribution in [0.25, 0.3) is 0 Å². The molecule has 2 fully saturated rings.